The topological polar surface area (TPSA) is 179 Å². The first-order chi connectivity index (χ1) is 14.6. The van der Waals surface area contributed by atoms with Crippen LogP contribution in [0.5, 0.6) is 0 Å². The molecule has 1 aromatic carbocycles. The maximum atomic E-state index is 11.9. The molecule has 0 unspecified atom stereocenters. The standard InChI is InChI=1S/C19H23IN2O9/c20-12-3-1-11(2-4-12)9-10-21-15(23)7-6-14(18(28)29)31-19(30)22-13(17(26)27)5-8-16(24)25/h1-4,13-14H,5-10H2,(H,21,23)(H,22,30)(H,24,25)(H,26,27)(H,28,29)/t13-,14-/m0/s1. The molecule has 11 nitrogen and oxygen atoms in total. The molecule has 0 fully saturated rings. The normalized spacial score (nSPS) is 12.3. The van der Waals surface area contributed by atoms with Crippen molar-refractivity contribution in [3.63, 3.8) is 0 Å². The second kappa shape index (κ2) is 13.4. The molecule has 12 heteroatoms. The lowest BCUT2D eigenvalue weighted by Gasteiger charge is -2.17. The molecule has 170 valence electrons. The number of halogens is 1. The molecular weight excluding hydrogens is 527 g/mol. The van der Waals surface area contributed by atoms with Crippen LogP contribution in [0.15, 0.2) is 24.3 Å². The Balaban J connectivity index is 2.44. The van der Waals surface area contributed by atoms with Gasteiger partial charge in [0.05, 0.1) is 0 Å². The second-order valence-electron chi connectivity index (χ2n) is 6.46. The van der Waals surface area contributed by atoms with Crippen molar-refractivity contribution in [2.45, 2.75) is 44.2 Å². The van der Waals surface area contributed by atoms with Crippen LogP contribution in [0.1, 0.15) is 31.2 Å². The van der Waals surface area contributed by atoms with E-state index in [1.54, 1.807) is 0 Å². The molecule has 0 heterocycles. The zero-order chi connectivity index (χ0) is 23.4. The fourth-order valence-corrected chi connectivity index (χ4v) is 2.77. The Labute approximate surface area is 191 Å². The molecule has 0 saturated heterocycles. The third-order valence-electron chi connectivity index (χ3n) is 4.04. The Kier molecular flexibility index (Phi) is 11.3. The van der Waals surface area contributed by atoms with Crippen molar-refractivity contribution in [3.05, 3.63) is 33.4 Å². The van der Waals surface area contributed by atoms with Crippen molar-refractivity contribution >= 4 is 52.5 Å². The SMILES string of the molecule is O=C(O)CC[C@H](NC(=O)O[C@@H](CCC(=O)NCCc1ccc(I)cc1)C(=O)O)C(=O)O. The van der Waals surface area contributed by atoms with Crippen molar-refractivity contribution in [1.82, 2.24) is 10.6 Å². The molecule has 0 aliphatic carbocycles. The van der Waals surface area contributed by atoms with Gasteiger partial charge < -0.3 is 30.7 Å². The minimum atomic E-state index is -1.67. The van der Waals surface area contributed by atoms with Gasteiger partial charge in [0, 0.05) is 29.4 Å². The number of alkyl carbamates (subject to hydrolysis) is 1. The fourth-order valence-electron chi connectivity index (χ4n) is 2.41. The van der Waals surface area contributed by atoms with E-state index < -0.39 is 54.9 Å². The van der Waals surface area contributed by atoms with Gasteiger partial charge in [-0.1, -0.05) is 12.1 Å². The average Bonchev–Trinajstić information content (AvgIpc) is 2.69. The van der Waals surface area contributed by atoms with Gasteiger partial charge in [-0.15, -0.1) is 0 Å². The zero-order valence-electron chi connectivity index (χ0n) is 16.4. The van der Waals surface area contributed by atoms with E-state index in [1.165, 1.54) is 0 Å². The second-order valence-corrected chi connectivity index (χ2v) is 7.71. The minimum absolute atomic E-state index is 0.224. The van der Waals surface area contributed by atoms with Crippen LogP contribution >= 0.6 is 22.6 Å². The highest BCUT2D eigenvalue weighted by molar-refractivity contribution is 14.1. The summed E-state index contributed by atoms with van der Waals surface area (Å²) in [5, 5.41) is 31.3. The van der Waals surface area contributed by atoms with Crippen LogP contribution in [0.4, 0.5) is 4.79 Å². The summed E-state index contributed by atoms with van der Waals surface area (Å²) in [5.74, 6) is -4.67. The van der Waals surface area contributed by atoms with E-state index in [1.807, 2.05) is 29.6 Å². The number of carboxylic acids is 3. The number of amides is 2. The van der Waals surface area contributed by atoms with E-state index in [4.69, 9.17) is 14.9 Å². The van der Waals surface area contributed by atoms with Gasteiger partial charge in [-0.3, -0.25) is 9.59 Å². The molecule has 0 bridgehead atoms. The number of hydrogen-bond acceptors (Lipinski definition) is 6. The van der Waals surface area contributed by atoms with Crippen molar-refractivity contribution in [1.29, 1.82) is 0 Å². The summed E-state index contributed by atoms with van der Waals surface area (Å²) in [4.78, 5) is 56.6. The van der Waals surface area contributed by atoms with Crippen LogP contribution in [-0.4, -0.2) is 63.9 Å². The number of ether oxygens (including phenoxy) is 1. The Bertz CT molecular complexity index is 798. The van der Waals surface area contributed by atoms with Gasteiger partial charge in [0.25, 0.3) is 0 Å². The molecule has 2 atom stereocenters. The van der Waals surface area contributed by atoms with Gasteiger partial charge >= 0.3 is 24.0 Å². The minimum Gasteiger partial charge on any atom is -0.481 e. The zero-order valence-corrected chi connectivity index (χ0v) is 18.5. The van der Waals surface area contributed by atoms with Gasteiger partial charge in [-0.2, -0.15) is 0 Å². The van der Waals surface area contributed by atoms with Crippen molar-refractivity contribution in [2.75, 3.05) is 6.54 Å². The molecule has 5 N–H and O–H groups in total. The number of carboxylic acid groups (broad SMARTS) is 3. The average molecular weight is 550 g/mol. The summed E-state index contributed by atoms with van der Waals surface area (Å²) in [6.45, 7) is 0.350. The Morgan fingerprint density at radius 3 is 2.13 bits per heavy atom. The Morgan fingerprint density at radius 1 is 0.935 bits per heavy atom. The van der Waals surface area contributed by atoms with Crippen LogP contribution in [0, 0.1) is 3.57 Å². The molecule has 1 rings (SSSR count). The van der Waals surface area contributed by atoms with Gasteiger partial charge in [0.1, 0.15) is 6.04 Å². The lowest BCUT2D eigenvalue weighted by atomic mass is 10.1. The van der Waals surface area contributed by atoms with Gasteiger partial charge in [-0.05, 0) is 53.1 Å². The summed E-state index contributed by atoms with van der Waals surface area (Å²) < 4.78 is 5.78. The summed E-state index contributed by atoms with van der Waals surface area (Å²) in [7, 11) is 0. The molecule has 0 spiro atoms. The van der Waals surface area contributed by atoms with Crippen molar-refractivity contribution < 1.29 is 44.0 Å². The van der Waals surface area contributed by atoms with E-state index in [-0.39, 0.29) is 12.8 Å². The highest BCUT2D eigenvalue weighted by atomic mass is 127. The lowest BCUT2D eigenvalue weighted by Crippen LogP contribution is -2.43. The maximum absolute atomic E-state index is 11.9. The Morgan fingerprint density at radius 2 is 1.58 bits per heavy atom. The van der Waals surface area contributed by atoms with Crippen molar-refractivity contribution in [2.24, 2.45) is 0 Å². The summed E-state index contributed by atoms with van der Waals surface area (Å²) in [6, 6.07) is 6.19. The van der Waals surface area contributed by atoms with E-state index in [0.29, 0.717) is 13.0 Å². The van der Waals surface area contributed by atoms with Crippen LogP contribution in [0.3, 0.4) is 0 Å². The van der Waals surface area contributed by atoms with Crippen LogP contribution < -0.4 is 10.6 Å². The quantitative estimate of drug-likeness (QED) is 0.226. The Hall–Kier alpha value is -2.90. The number of rotatable bonds is 13. The largest absolute Gasteiger partial charge is 0.481 e. The van der Waals surface area contributed by atoms with Crippen LogP contribution in [0.25, 0.3) is 0 Å². The molecule has 0 saturated carbocycles. The lowest BCUT2D eigenvalue weighted by molar-refractivity contribution is -0.147. The number of benzene rings is 1. The first kappa shape index (κ1) is 26.1. The van der Waals surface area contributed by atoms with Gasteiger partial charge in [-0.25, -0.2) is 14.4 Å². The summed E-state index contributed by atoms with van der Waals surface area (Å²) in [5.41, 5.74) is 1.03. The monoisotopic (exact) mass is 550 g/mol. The fraction of sp³-hybridized carbons (Fsp3) is 0.421. The maximum Gasteiger partial charge on any atom is 0.408 e. The third-order valence-corrected chi connectivity index (χ3v) is 4.76. The van der Waals surface area contributed by atoms with E-state index in [2.05, 4.69) is 27.9 Å². The van der Waals surface area contributed by atoms with E-state index >= 15 is 0 Å². The molecule has 2 amide bonds. The first-order valence-corrected chi connectivity index (χ1v) is 10.3. The molecular formula is C19H23IN2O9. The molecule has 0 radical (unpaired) electrons. The number of carbonyl (C=O) groups excluding carboxylic acids is 2. The third kappa shape index (κ3) is 11.2. The highest BCUT2D eigenvalue weighted by Gasteiger charge is 2.27. The summed E-state index contributed by atoms with van der Waals surface area (Å²) >= 11 is 2.18. The van der Waals surface area contributed by atoms with Crippen LogP contribution in [-0.2, 0) is 30.3 Å². The van der Waals surface area contributed by atoms with E-state index in [0.717, 1.165) is 9.13 Å². The number of nitrogens with one attached hydrogen (secondary N) is 2. The van der Waals surface area contributed by atoms with Gasteiger partial charge in [0.2, 0.25) is 12.0 Å². The predicted octanol–water partition coefficient (Wildman–Crippen LogP) is 1.23. The molecule has 0 aliphatic heterocycles. The highest BCUT2D eigenvalue weighted by Crippen LogP contribution is 2.08. The number of hydrogen-bond donors (Lipinski definition) is 5. The number of carbonyl (C=O) groups is 5. The molecule has 0 aromatic heterocycles. The van der Waals surface area contributed by atoms with Crippen molar-refractivity contribution in [3.8, 4) is 0 Å². The summed E-state index contributed by atoms with van der Waals surface area (Å²) in [6.07, 6.45) is -3.86. The first-order valence-electron chi connectivity index (χ1n) is 9.24. The molecule has 1 aromatic rings. The van der Waals surface area contributed by atoms with E-state index in [9.17, 15) is 29.1 Å². The number of aliphatic carboxylic acids is 3. The van der Waals surface area contributed by atoms with Crippen LogP contribution in [0.2, 0.25) is 0 Å². The van der Waals surface area contributed by atoms with Gasteiger partial charge in [0.15, 0.2) is 0 Å². The predicted molar refractivity (Wildman–Crippen MR) is 114 cm³/mol. The molecule has 31 heavy (non-hydrogen) atoms. The smallest absolute Gasteiger partial charge is 0.408 e. The molecule has 0 aliphatic rings.